The van der Waals surface area contributed by atoms with Crippen LogP contribution in [0, 0.1) is 5.92 Å². The first-order chi connectivity index (χ1) is 9.76. The molecule has 0 saturated carbocycles. The summed E-state index contributed by atoms with van der Waals surface area (Å²) in [7, 11) is 0. The molecule has 0 aliphatic carbocycles. The second kappa shape index (κ2) is 7.51. The Bertz CT molecular complexity index is 502. The fourth-order valence-electron chi connectivity index (χ4n) is 1.70. The van der Waals surface area contributed by atoms with Gasteiger partial charge in [-0.3, -0.25) is 4.98 Å². The van der Waals surface area contributed by atoms with Gasteiger partial charge in [-0.1, -0.05) is 0 Å². The minimum absolute atomic E-state index is 0.392. The molecule has 0 bridgehead atoms. The summed E-state index contributed by atoms with van der Waals surface area (Å²) in [5.41, 5.74) is -0.0542. The van der Waals surface area contributed by atoms with Gasteiger partial charge in [-0.2, -0.15) is 0 Å². The van der Waals surface area contributed by atoms with Crippen LogP contribution in [0.1, 0.15) is 32.4 Å². The van der Waals surface area contributed by atoms with Crippen molar-refractivity contribution in [1.82, 2.24) is 10.3 Å². The van der Waals surface area contributed by atoms with E-state index in [1.807, 2.05) is 0 Å². The summed E-state index contributed by atoms with van der Waals surface area (Å²) in [6.45, 7) is 4.83. The van der Waals surface area contributed by atoms with Crippen LogP contribution in [0.15, 0.2) is 22.9 Å². The molecule has 116 valence electrons. The van der Waals surface area contributed by atoms with Gasteiger partial charge >= 0.3 is 6.09 Å². The maximum absolute atomic E-state index is 11.9. The lowest BCUT2D eigenvalue weighted by Crippen LogP contribution is -2.39. The molecule has 1 aromatic heterocycles. The number of nitrogens with one attached hydrogen (secondary N) is 1. The molecule has 0 saturated heterocycles. The van der Waals surface area contributed by atoms with Crippen molar-refractivity contribution in [2.45, 2.75) is 32.4 Å². The molecule has 21 heavy (non-hydrogen) atoms. The van der Waals surface area contributed by atoms with Crippen LogP contribution in [0.2, 0.25) is 0 Å². The topological polar surface area (TPSA) is 88.5 Å². The Morgan fingerprint density at radius 1 is 1.52 bits per heavy atom. The number of ether oxygens (including phenoxy) is 1. The van der Waals surface area contributed by atoms with Crippen LogP contribution in [-0.4, -0.2) is 34.7 Å². The van der Waals surface area contributed by atoms with Crippen LogP contribution in [0.5, 0.6) is 0 Å². The van der Waals surface area contributed by atoms with E-state index in [1.54, 1.807) is 33.0 Å². The van der Waals surface area contributed by atoms with E-state index < -0.39 is 30.3 Å². The largest absolute Gasteiger partial charge is 0.444 e. The number of aldehydes is 1. The predicted molar refractivity (Wildman–Crippen MR) is 80.7 cm³/mol. The first kappa shape index (κ1) is 17.6. The number of pyridine rings is 1. The molecule has 7 heteroatoms. The second-order valence-corrected chi connectivity index (χ2v) is 6.46. The highest BCUT2D eigenvalue weighted by Gasteiger charge is 2.27. The average molecular weight is 359 g/mol. The summed E-state index contributed by atoms with van der Waals surface area (Å²) in [4.78, 5) is 27.0. The number of aromatic nitrogens is 1. The van der Waals surface area contributed by atoms with Crippen LogP contribution < -0.4 is 5.32 Å². The highest BCUT2D eigenvalue weighted by atomic mass is 79.9. The number of amides is 1. The Kier molecular flexibility index (Phi) is 6.29. The molecule has 2 atom stereocenters. The van der Waals surface area contributed by atoms with Crippen molar-refractivity contribution < 1.29 is 19.4 Å². The summed E-state index contributed by atoms with van der Waals surface area (Å²) in [5, 5.41) is 11.9. The smallest absolute Gasteiger partial charge is 0.408 e. The SMILES string of the molecule is CC(C)(C)OC(=O)NC(c1cncc(Br)c1)C(C=O)CO. The van der Waals surface area contributed by atoms with Crippen LogP contribution in [0.25, 0.3) is 0 Å². The molecule has 0 aliphatic rings. The van der Waals surface area contributed by atoms with Gasteiger partial charge in [0.05, 0.1) is 18.6 Å². The summed E-state index contributed by atoms with van der Waals surface area (Å²) in [6.07, 6.45) is 3.05. The van der Waals surface area contributed by atoms with E-state index in [-0.39, 0.29) is 0 Å². The molecular weight excluding hydrogens is 340 g/mol. The molecule has 1 aromatic rings. The van der Waals surface area contributed by atoms with Gasteiger partial charge in [-0.15, -0.1) is 0 Å². The molecule has 2 N–H and O–H groups in total. The third-order valence-corrected chi connectivity index (χ3v) is 3.00. The molecule has 1 amide bonds. The minimum atomic E-state index is -0.784. The number of rotatable bonds is 5. The summed E-state index contributed by atoms with van der Waals surface area (Å²) < 4.78 is 5.89. The molecule has 0 aromatic carbocycles. The molecule has 1 heterocycles. The van der Waals surface area contributed by atoms with Gasteiger partial charge in [0.2, 0.25) is 0 Å². The first-order valence-electron chi connectivity index (χ1n) is 6.43. The first-order valence-corrected chi connectivity index (χ1v) is 7.22. The van der Waals surface area contributed by atoms with Crippen LogP contribution >= 0.6 is 15.9 Å². The van der Waals surface area contributed by atoms with Gasteiger partial charge in [0.1, 0.15) is 11.9 Å². The Morgan fingerprint density at radius 2 is 2.19 bits per heavy atom. The fourth-order valence-corrected chi connectivity index (χ4v) is 2.08. The number of carbonyl (C=O) groups is 2. The quantitative estimate of drug-likeness (QED) is 0.787. The van der Waals surface area contributed by atoms with Crippen molar-refractivity contribution in [1.29, 1.82) is 0 Å². The van der Waals surface area contributed by atoms with Gasteiger partial charge < -0.3 is 20.0 Å². The number of aliphatic hydroxyl groups is 1. The standard InChI is InChI=1S/C14H19BrN2O4/c1-14(2,3)21-13(20)17-12(10(7-18)8-19)9-4-11(15)6-16-5-9/h4-7,10,12,19H,8H2,1-3H3,(H,17,20). The molecule has 0 fully saturated rings. The van der Waals surface area contributed by atoms with Crippen molar-refractivity contribution >= 4 is 28.3 Å². The average Bonchev–Trinajstić information content (AvgIpc) is 2.36. The van der Waals surface area contributed by atoms with Gasteiger partial charge in [0, 0.05) is 16.9 Å². The molecular formula is C14H19BrN2O4. The maximum Gasteiger partial charge on any atom is 0.408 e. The van der Waals surface area contributed by atoms with E-state index >= 15 is 0 Å². The Hall–Kier alpha value is -1.47. The molecule has 2 unspecified atom stereocenters. The van der Waals surface area contributed by atoms with Crippen molar-refractivity contribution in [3.05, 3.63) is 28.5 Å². The molecule has 6 nitrogen and oxygen atoms in total. The van der Waals surface area contributed by atoms with Gasteiger partial charge in [0.15, 0.2) is 0 Å². The summed E-state index contributed by atoms with van der Waals surface area (Å²) in [6, 6.07) is 1.01. The van der Waals surface area contributed by atoms with Gasteiger partial charge in [-0.25, -0.2) is 4.79 Å². The lowest BCUT2D eigenvalue weighted by Gasteiger charge is -2.26. The van der Waals surface area contributed by atoms with E-state index in [2.05, 4.69) is 26.2 Å². The van der Waals surface area contributed by atoms with Crippen molar-refractivity contribution in [2.75, 3.05) is 6.61 Å². The Balaban J connectivity index is 2.98. The Labute approximate surface area is 132 Å². The third-order valence-electron chi connectivity index (χ3n) is 2.57. The van der Waals surface area contributed by atoms with Gasteiger partial charge in [0.25, 0.3) is 0 Å². The van der Waals surface area contributed by atoms with E-state index in [9.17, 15) is 14.7 Å². The van der Waals surface area contributed by atoms with E-state index in [1.165, 1.54) is 6.20 Å². The van der Waals surface area contributed by atoms with Gasteiger partial charge in [-0.05, 0) is 48.3 Å². The highest BCUT2D eigenvalue weighted by molar-refractivity contribution is 9.10. The predicted octanol–water partition coefficient (Wildman–Crippen LogP) is 2.22. The van der Waals surface area contributed by atoms with Crippen LogP contribution in [0.3, 0.4) is 0 Å². The monoisotopic (exact) mass is 358 g/mol. The fraction of sp³-hybridized carbons (Fsp3) is 0.500. The Morgan fingerprint density at radius 3 is 2.67 bits per heavy atom. The van der Waals surface area contributed by atoms with Crippen molar-refractivity contribution in [2.24, 2.45) is 5.92 Å². The molecule has 0 aliphatic heterocycles. The number of hydrogen-bond acceptors (Lipinski definition) is 5. The number of halogens is 1. The van der Waals surface area contributed by atoms with E-state index in [0.29, 0.717) is 16.3 Å². The number of nitrogens with zero attached hydrogens (tertiary/aromatic N) is 1. The second-order valence-electron chi connectivity index (χ2n) is 5.54. The van der Waals surface area contributed by atoms with Crippen LogP contribution in [0.4, 0.5) is 4.79 Å². The van der Waals surface area contributed by atoms with Crippen molar-refractivity contribution in [3.8, 4) is 0 Å². The van der Waals surface area contributed by atoms with E-state index in [4.69, 9.17) is 4.74 Å². The lowest BCUT2D eigenvalue weighted by molar-refractivity contribution is -0.113. The zero-order chi connectivity index (χ0) is 16.0. The third kappa shape index (κ3) is 5.81. The minimum Gasteiger partial charge on any atom is -0.444 e. The summed E-state index contributed by atoms with van der Waals surface area (Å²) >= 11 is 3.28. The molecule has 1 rings (SSSR count). The number of aliphatic hydroxyl groups excluding tert-OH is 1. The molecule has 0 radical (unpaired) electrons. The normalized spacial score (nSPS) is 14.1. The van der Waals surface area contributed by atoms with E-state index in [0.717, 1.165) is 0 Å². The molecule has 0 spiro atoms. The maximum atomic E-state index is 11.9. The number of carbonyl (C=O) groups excluding carboxylic acids is 2. The van der Waals surface area contributed by atoms with Crippen molar-refractivity contribution in [3.63, 3.8) is 0 Å². The van der Waals surface area contributed by atoms with Crippen LogP contribution in [-0.2, 0) is 9.53 Å². The number of hydrogen-bond donors (Lipinski definition) is 2. The lowest BCUT2D eigenvalue weighted by atomic mass is 9.96. The zero-order valence-electron chi connectivity index (χ0n) is 12.2. The highest BCUT2D eigenvalue weighted by Crippen LogP contribution is 2.23. The zero-order valence-corrected chi connectivity index (χ0v) is 13.8. The number of alkyl carbamates (subject to hydrolysis) is 1. The summed E-state index contributed by atoms with van der Waals surface area (Å²) in [5.74, 6) is -0.784.